The molecule has 3 heteroatoms. The van der Waals surface area contributed by atoms with E-state index in [1.54, 1.807) is 0 Å². The molecule has 100 valence electrons. The Kier molecular flexibility index (Phi) is 4.75. The molecule has 0 spiro atoms. The third kappa shape index (κ3) is 3.31. The average Bonchev–Trinajstić information content (AvgIpc) is 2.81. The van der Waals surface area contributed by atoms with Crippen LogP contribution in [0, 0.1) is 6.92 Å². The van der Waals surface area contributed by atoms with Crippen LogP contribution < -0.4 is 5.73 Å². The number of hydrogen-bond donors (Lipinski definition) is 1. The highest BCUT2D eigenvalue weighted by atomic mass is 15.2. The largest absolute Gasteiger partial charge is 0.329 e. The van der Waals surface area contributed by atoms with E-state index in [2.05, 4.69) is 48.0 Å². The minimum absolute atomic E-state index is 0.678. The minimum atomic E-state index is 0.678. The van der Waals surface area contributed by atoms with E-state index in [-0.39, 0.29) is 0 Å². The molecule has 2 rings (SSSR count). The molecule has 0 bridgehead atoms. The van der Waals surface area contributed by atoms with E-state index < -0.39 is 0 Å². The average molecular weight is 247 g/mol. The van der Waals surface area contributed by atoms with E-state index >= 15 is 0 Å². The smallest absolute Gasteiger partial charge is 0.0237 e. The second-order valence-corrected chi connectivity index (χ2v) is 5.37. The molecule has 0 aromatic heterocycles. The number of likely N-dealkylation sites (tertiary alicyclic amines) is 1. The summed E-state index contributed by atoms with van der Waals surface area (Å²) >= 11 is 0. The number of rotatable bonds is 5. The highest BCUT2D eigenvalue weighted by molar-refractivity contribution is 5.25. The molecular weight excluding hydrogens is 222 g/mol. The lowest BCUT2D eigenvalue weighted by atomic mass is 10.1. The lowest BCUT2D eigenvalue weighted by Gasteiger charge is -2.24. The van der Waals surface area contributed by atoms with Crippen LogP contribution in [0.25, 0.3) is 0 Å². The summed E-state index contributed by atoms with van der Waals surface area (Å²) in [4.78, 5) is 4.96. The second-order valence-electron chi connectivity index (χ2n) is 5.37. The first-order valence-electron chi connectivity index (χ1n) is 6.88. The molecule has 0 radical (unpaired) electrons. The van der Waals surface area contributed by atoms with E-state index in [9.17, 15) is 0 Å². The molecule has 0 aliphatic carbocycles. The Bertz CT molecular complexity index is 378. The molecular formula is C15H25N3. The van der Waals surface area contributed by atoms with Gasteiger partial charge in [-0.2, -0.15) is 0 Å². The van der Waals surface area contributed by atoms with Gasteiger partial charge in [0, 0.05) is 38.8 Å². The monoisotopic (exact) mass is 247 g/mol. The highest BCUT2D eigenvalue weighted by Crippen LogP contribution is 2.18. The lowest BCUT2D eigenvalue weighted by molar-refractivity contribution is 0.234. The molecule has 0 amide bonds. The van der Waals surface area contributed by atoms with Crippen molar-refractivity contribution in [1.29, 1.82) is 0 Å². The van der Waals surface area contributed by atoms with Gasteiger partial charge in [-0.1, -0.05) is 24.3 Å². The Labute approximate surface area is 111 Å². The Morgan fingerprint density at radius 1 is 1.39 bits per heavy atom. The molecule has 0 saturated carbocycles. The molecule has 1 aromatic carbocycles. The number of benzene rings is 1. The van der Waals surface area contributed by atoms with Crippen molar-refractivity contribution in [2.75, 3.05) is 33.2 Å². The van der Waals surface area contributed by atoms with Crippen molar-refractivity contribution in [3.63, 3.8) is 0 Å². The zero-order valence-corrected chi connectivity index (χ0v) is 11.6. The molecule has 1 unspecified atom stereocenters. The number of aryl methyl sites for hydroxylation is 1. The van der Waals surface area contributed by atoms with Crippen LogP contribution in [-0.2, 0) is 6.54 Å². The third-order valence-electron chi connectivity index (χ3n) is 4.01. The van der Waals surface area contributed by atoms with Crippen molar-refractivity contribution in [3.05, 3.63) is 35.4 Å². The molecule has 1 aliphatic heterocycles. The van der Waals surface area contributed by atoms with Crippen molar-refractivity contribution in [2.45, 2.75) is 25.9 Å². The van der Waals surface area contributed by atoms with Crippen molar-refractivity contribution in [2.24, 2.45) is 5.73 Å². The topological polar surface area (TPSA) is 32.5 Å². The summed E-state index contributed by atoms with van der Waals surface area (Å²) in [6, 6.07) is 9.37. The van der Waals surface area contributed by atoms with Crippen LogP contribution in [0.1, 0.15) is 17.5 Å². The molecule has 1 atom stereocenters. The summed E-state index contributed by atoms with van der Waals surface area (Å²) in [5.74, 6) is 0. The SMILES string of the molecule is Cc1ccccc1CN1CCC(N(C)CCN)C1. The van der Waals surface area contributed by atoms with Crippen LogP contribution in [0.4, 0.5) is 0 Å². The lowest BCUT2D eigenvalue weighted by Crippen LogP contribution is -2.37. The highest BCUT2D eigenvalue weighted by Gasteiger charge is 2.25. The fraction of sp³-hybridized carbons (Fsp3) is 0.600. The van der Waals surface area contributed by atoms with Crippen molar-refractivity contribution in [1.82, 2.24) is 9.80 Å². The van der Waals surface area contributed by atoms with Gasteiger partial charge in [-0.05, 0) is 31.5 Å². The molecule has 1 fully saturated rings. The maximum absolute atomic E-state index is 5.62. The van der Waals surface area contributed by atoms with Gasteiger partial charge in [0.05, 0.1) is 0 Å². The zero-order valence-electron chi connectivity index (χ0n) is 11.6. The van der Waals surface area contributed by atoms with E-state index in [1.807, 2.05) is 0 Å². The summed E-state index contributed by atoms with van der Waals surface area (Å²) in [6.07, 6.45) is 1.27. The molecule has 3 nitrogen and oxygen atoms in total. The predicted octanol–water partition coefficient (Wildman–Crippen LogP) is 1.46. The maximum atomic E-state index is 5.62. The molecule has 2 N–H and O–H groups in total. The van der Waals surface area contributed by atoms with Crippen LogP contribution in [-0.4, -0.2) is 49.1 Å². The van der Waals surface area contributed by atoms with E-state index in [0.717, 1.165) is 19.6 Å². The Morgan fingerprint density at radius 3 is 2.89 bits per heavy atom. The number of hydrogen-bond acceptors (Lipinski definition) is 3. The van der Waals surface area contributed by atoms with Crippen LogP contribution in [0.15, 0.2) is 24.3 Å². The number of likely N-dealkylation sites (N-methyl/N-ethyl adjacent to an activating group) is 1. The molecule has 1 heterocycles. The van der Waals surface area contributed by atoms with Gasteiger partial charge in [0.1, 0.15) is 0 Å². The molecule has 1 aliphatic rings. The van der Waals surface area contributed by atoms with Gasteiger partial charge in [-0.25, -0.2) is 0 Å². The Morgan fingerprint density at radius 2 is 2.17 bits per heavy atom. The Hall–Kier alpha value is -0.900. The van der Waals surface area contributed by atoms with Crippen molar-refractivity contribution < 1.29 is 0 Å². The first-order chi connectivity index (χ1) is 8.70. The maximum Gasteiger partial charge on any atom is 0.0237 e. The van der Waals surface area contributed by atoms with Crippen LogP contribution in [0.5, 0.6) is 0 Å². The van der Waals surface area contributed by atoms with Crippen molar-refractivity contribution >= 4 is 0 Å². The summed E-state index contributed by atoms with van der Waals surface area (Å²) in [5, 5.41) is 0. The van der Waals surface area contributed by atoms with Crippen LogP contribution in [0.2, 0.25) is 0 Å². The minimum Gasteiger partial charge on any atom is -0.329 e. The zero-order chi connectivity index (χ0) is 13.0. The number of nitrogens with zero attached hydrogens (tertiary/aromatic N) is 2. The van der Waals surface area contributed by atoms with Crippen LogP contribution in [0.3, 0.4) is 0 Å². The van der Waals surface area contributed by atoms with Gasteiger partial charge in [-0.15, -0.1) is 0 Å². The van der Waals surface area contributed by atoms with Gasteiger partial charge in [0.15, 0.2) is 0 Å². The summed E-state index contributed by atoms with van der Waals surface area (Å²) in [6.45, 7) is 7.41. The molecule has 18 heavy (non-hydrogen) atoms. The quantitative estimate of drug-likeness (QED) is 0.855. The normalized spacial score (nSPS) is 20.8. The fourth-order valence-electron chi connectivity index (χ4n) is 2.73. The summed E-state index contributed by atoms with van der Waals surface area (Å²) in [5.41, 5.74) is 8.48. The Balaban J connectivity index is 1.88. The number of nitrogens with two attached hydrogens (primary N) is 1. The van der Waals surface area contributed by atoms with E-state index in [0.29, 0.717) is 6.04 Å². The van der Waals surface area contributed by atoms with Gasteiger partial charge in [-0.3, -0.25) is 4.90 Å². The molecule has 1 aromatic rings. The standard InChI is InChI=1S/C15H25N3/c1-13-5-3-4-6-14(13)11-18-9-7-15(12-18)17(2)10-8-16/h3-6,15H,7-12,16H2,1-2H3. The first-order valence-corrected chi connectivity index (χ1v) is 6.88. The molecule has 1 saturated heterocycles. The van der Waals surface area contributed by atoms with Gasteiger partial charge in [0.2, 0.25) is 0 Å². The summed E-state index contributed by atoms with van der Waals surface area (Å²) < 4.78 is 0. The van der Waals surface area contributed by atoms with Gasteiger partial charge < -0.3 is 10.6 Å². The van der Waals surface area contributed by atoms with E-state index in [1.165, 1.54) is 30.6 Å². The summed E-state index contributed by atoms with van der Waals surface area (Å²) in [7, 11) is 2.19. The predicted molar refractivity (Wildman–Crippen MR) is 76.5 cm³/mol. The first kappa shape index (κ1) is 13.5. The second kappa shape index (κ2) is 6.32. The fourth-order valence-corrected chi connectivity index (χ4v) is 2.73. The van der Waals surface area contributed by atoms with E-state index in [4.69, 9.17) is 5.73 Å². The van der Waals surface area contributed by atoms with Gasteiger partial charge >= 0.3 is 0 Å². The van der Waals surface area contributed by atoms with Crippen molar-refractivity contribution in [3.8, 4) is 0 Å². The third-order valence-corrected chi connectivity index (χ3v) is 4.01. The van der Waals surface area contributed by atoms with Crippen LogP contribution >= 0.6 is 0 Å². The van der Waals surface area contributed by atoms with Gasteiger partial charge in [0.25, 0.3) is 0 Å².